The van der Waals surface area contributed by atoms with Gasteiger partial charge in [-0.3, -0.25) is 24.3 Å². The topological polar surface area (TPSA) is 141 Å². The Morgan fingerprint density at radius 3 is 2.49 bits per heavy atom. The minimum absolute atomic E-state index is 0.00851. The zero-order valence-electron chi connectivity index (χ0n) is 25.0. The highest BCUT2D eigenvalue weighted by Gasteiger charge is 2.34. The van der Waals surface area contributed by atoms with E-state index in [9.17, 15) is 19.2 Å². The molecule has 0 saturated carbocycles. The van der Waals surface area contributed by atoms with E-state index >= 15 is 8.78 Å². The zero-order chi connectivity index (χ0) is 32.9. The number of ether oxygens (including phenoxy) is 1. The molecule has 4 amide bonds. The summed E-state index contributed by atoms with van der Waals surface area (Å²) < 4.78 is 37.5. The molecule has 0 spiro atoms. The maximum atomic E-state index is 15.3. The van der Waals surface area contributed by atoms with Gasteiger partial charge in [0.25, 0.3) is 5.91 Å². The highest BCUT2D eigenvalue weighted by molar-refractivity contribution is 5.95. The van der Waals surface area contributed by atoms with Gasteiger partial charge in [0.2, 0.25) is 11.8 Å². The smallest absolute Gasteiger partial charge is 0.414 e. The third kappa shape index (κ3) is 7.19. The van der Waals surface area contributed by atoms with E-state index in [-0.39, 0.29) is 74.7 Å². The molecule has 4 aromatic rings. The summed E-state index contributed by atoms with van der Waals surface area (Å²) in [5.74, 6) is -2.97. The van der Waals surface area contributed by atoms with Crippen LogP contribution in [0.3, 0.4) is 0 Å². The number of fused-ring (bicyclic) bond motifs is 1. The number of amides is 4. The number of cyclic esters (lactones) is 1. The van der Waals surface area contributed by atoms with E-state index < -0.39 is 29.7 Å². The standard InChI is InChI=1S/C32H30F2N8O5/c33-24-14-22(42-19-23(47-32(42)46)16-36-28(43)7-6-21-4-2-1-3-5-21)15-25(34)30(24)40-12-10-39(11-13-40)29(44)18-37-31(45)26-20-41-9-8-35-17-27(41)38-26/h1-9,14-15,17,20,23H,10-13,16,18-19H2,(H,36,43)(H,37,45). The van der Waals surface area contributed by atoms with Crippen LogP contribution in [0.4, 0.5) is 25.0 Å². The number of imidazole rings is 1. The molecule has 4 heterocycles. The largest absolute Gasteiger partial charge is 0.442 e. The molecule has 2 saturated heterocycles. The van der Waals surface area contributed by atoms with Gasteiger partial charge in [0.15, 0.2) is 17.3 Å². The molecule has 47 heavy (non-hydrogen) atoms. The number of benzene rings is 2. The first-order valence-corrected chi connectivity index (χ1v) is 14.8. The molecule has 242 valence electrons. The first-order chi connectivity index (χ1) is 22.7. The molecule has 0 radical (unpaired) electrons. The fourth-order valence-corrected chi connectivity index (χ4v) is 5.35. The van der Waals surface area contributed by atoms with Crippen LogP contribution < -0.4 is 20.4 Å². The normalized spacial score (nSPS) is 16.5. The number of hydrogen-bond acceptors (Lipinski definition) is 8. The van der Waals surface area contributed by atoms with E-state index in [1.54, 1.807) is 22.9 Å². The van der Waals surface area contributed by atoms with Crippen molar-refractivity contribution in [3.63, 3.8) is 0 Å². The number of hydrogen-bond donors (Lipinski definition) is 2. The quantitative estimate of drug-likeness (QED) is 0.265. The predicted octanol–water partition coefficient (Wildman–Crippen LogP) is 2.24. The van der Waals surface area contributed by atoms with Crippen molar-refractivity contribution < 1.29 is 32.7 Å². The molecule has 2 N–H and O–H groups in total. The second-order valence-electron chi connectivity index (χ2n) is 10.9. The summed E-state index contributed by atoms with van der Waals surface area (Å²) in [6, 6.07) is 11.4. The van der Waals surface area contributed by atoms with Crippen molar-refractivity contribution in [2.75, 3.05) is 55.6 Å². The number of carbonyl (C=O) groups excluding carboxylic acids is 4. The molecule has 6 rings (SSSR count). The van der Waals surface area contributed by atoms with Crippen LogP contribution in [0, 0.1) is 11.6 Å². The lowest BCUT2D eigenvalue weighted by Gasteiger charge is -2.36. The Labute approximate surface area is 267 Å². The number of halogens is 2. The van der Waals surface area contributed by atoms with Gasteiger partial charge in [-0.25, -0.2) is 18.6 Å². The maximum absolute atomic E-state index is 15.3. The SMILES string of the molecule is O=C(C=Cc1ccccc1)NCC1CN(c2cc(F)c(N3CCN(C(=O)CNC(=O)c4cn5ccncc5n4)CC3)c(F)c2)C(=O)O1. The van der Waals surface area contributed by atoms with E-state index in [0.29, 0.717) is 5.65 Å². The summed E-state index contributed by atoms with van der Waals surface area (Å²) in [5.41, 5.74) is 1.20. The lowest BCUT2D eigenvalue weighted by atomic mass is 10.2. The second-order valence-corrected chi connectivity index (χ2v) is 10.9. The van der Waals surface area contributed by atoms with Crippen molar-refractivity contribution in [2.45, 2.75) is 6.10 Å². The van der Waals surface area contributed by atoms with Crippen molar-refractivity contribution in [2.24, 2.45) is 0 Å². The van der Waals surface area contributed by atoms with Crippen LogP contribution in [0.5, 0.6) is 0 Å². The van der Waals surface area contributed by atoms with Crippen molar-refractivity contribution in [1.82, 2.24) is 29.9 Å². The predicted molar refractivity (Wildman–Crippen MR) is 167 cm³/mol. The lowest BCUT2D eigenvalue weighted by Crippen LogP contribution is -2.51. The van der Waals surface area contributed by atoms with Gasteiger partial charge in [-0.2, -0.15) is 0 Å². The molecule has 2 fully saturated rings. The zero-order valence-corrected chi connectivity index (χ0v) is 25.0. The van der Waals surface area contributed by atoms with Crippen molar-refractivity contribution in [3.05, 3.63) is 96.2 Å². The lowest BCUT2D eigenvalue weighted by molar-refractivity contribution is -0.130. The molecule has 15 heteroatoms. The third-order valence-electron chi connectivity index (χ3n) is 7.76. The summed E-state index contributed by atoms with van der Waals surface area (Å²) in [4.78, 5) is 62.2. The van der Waals surface area contributed by atoms with E-state index in [1.807, 2.05) is 30.3 Å². The first-order valence-electron chi connectivity index (χ1n) is 14.8. The summed E-state index contributed by atoms with van der Waals surface area (Å²) in [5, 5.41) is 5.22. The Morgan fingerprint density at radius 1 is 1.02 bits per heavy atom. The number of carbonyl (C=O) groups is 4. The van der Waals surface area contributed by atoms with Crippen LogP contribution in [0.1, 0.15) is 16.1 Å². The second kappa shape index (κ2) is 13.6. The molecule has 0 bridgehead atoms. The molecule has 2 aromatic carbocycles. The van der Waals surface area contributed by atoms with Crippen LogP contribution >= 0.6 is 0 Å². The molecule has 2 aromatic heterocycles. The van der Waals surface area contributed by atoms with Crippen molar-refractivity contribution in [1.29, 1.82) is 0 Å². The molecule has 13 nitrogen and oxygen atoms in total. The Kier molecular flexibility index (Phi) is 9.04. The molecule has 1 atom stereocenters. The van der Waals surface area contributed by atoms with Crippen LogP contribution in [0.2, 0.25) is 0 Å². The van der Waals surface area contributed by atoms with Gasteiger partial charge in [0, 0.05) is 63.0 Å². The number of rotatable bonds is 9. The van der Waals surface area contributed by atoms with Crippen molar-refractivity contribution in [3.8, 4) is 0 Å². The minimum Gasteiger partial charge on any atom is -0.442 e. The first kappa shape index (κ1) is 31.1. The van der Waals surface area contributed by atoms with Crippen LogP contribution in [-0.4, -0.2) is 95.0 Å². The average Bonchev–Trinajstić information content (AvgIpc) is 3.69. The number of anilines is 2. The summed E-state index contributed by atoms with van der Waals surface area (Å²) in [6.07, 6.45) is 7.76. The molecule has 1 unspecified atom stereocenters. The van der Waals surface area contributed by atoms with E-state index in [4.69, 9.17) is 4.74 Å². The van der Waals surface area contributed by atoms with E-state index in [1.165, 1.54) is 28.3 Å². The van der Waals surface area contributed by atoms with Crippen LogP contribution in [0.15, 0.2) is 73.3 Å². The molecular weight excluding hydrogens is 614 g/mol. The van der Waals surface area contributed by atoms with E-state index in [2.05, 4.69) is 20.6 Å². The van der Waals surface area contributed by atoms with Crippen LogP contribution in [-0.2, 0) is 14.3 Å². The van der Waals surface area contributed by atoms with Gasteiger partial charge in [0.05, 0.1) is 31.5 Å². The summed E-state index contributed by atoms with van der Waals surface area (Å²) >= 11 is 0. The number of nitrogens with zero attached hydrogens (tertiary/aromatic N) is 6. The Balaban J connectivity index is 0.989. The van der Waals surface area contributed by atoms with Gasteiger partial charge < -0.3 is 29.6 Å². The van der Waals surface area contributed by atoms with Gasteiger partial charge in [-0.1, -0.05) is 30.3 Å². The van der Waals surface area contributed by atoms with Crippen molar-refractivity contribution >= 4 is 46.9 Å². The Bertz CT molecular complexity index is 1790. The maximum Gasteiger partial charge on any atom is 0.414 e. The van der Waals surface area contributed by atoms with Gasteiger partial charge in [-0.15, -0.1) is 0 Å². The molecule has 2 aliphatic rings. The number of piperazine rings is 1. The number of nitrogens with one attached hydrogen (secondary N) is 2. The Morgan fingerprint density at radius 2 is 1.77 bits per heavy atom. The van der Waals surface area contributed by atoms with E-state index in [0.717, 1.165) is 22.6 Å². The fraction of sp³-hybridized carbons (Fsp3) is 0.250. The highest BCUT2D eigenvalue weighted by atomic mass is 19.1. The molecule has 2 aliphatic heterocycles. The molecule has 0 aliphatic carbocycles. The van der Waals surface area contributed by atoms with Crippen LogP contribution in [0.25, 0.3) is 11.7 Å². The minimum atomic E-state index is -0.870. The fourth-order valence-electron chi connectivity index (χ4n) is 5.35. The number of aromatic nitrogens is 3. The Hall–Kier alpha value is -5.86. The monoisotopic (exact) mass is 644 g/mol. The van der Waals surface area contributed by atoms with Gasteiger partial charge >= 0.3 is 6.09 Å². The van der Waals surface area contributed by atoms with Gasteiger partial charge in [0.1, 0.15) is 17.5 Å². The average molecular weight is 645 g/mol. The highest BCUT2D eigenvalue weighted by Crippen LogP contribution is 2.31. The summed E-state index contributed by atoms with van der Waals surface area (Å²) in [6.45, 7) is 0.420. The third-order valence-corrected chi connectivity index (χ3v) is 7.76. The summed E-state index contributed by atoms with van der Waals surface area (Å²) in [7, 11) is 0. The molecular formula is C32H30F2N8O5. The van der Waals surface area contributed by atoms with Gasteiger partial charge in [-0.05, 0) is 11.6 Å².